The van der Waals surface area contributed by atoms with Gasteiger partial charge >= 0.3 is 0 Å². The van der Waals surface area contributed by atoms with Crippen LogP contribution in [0.1, 0.15) is 10.5 Å². The van der Waals surface area contributed by atoms with E-state index in [4.69, 9.17) is 4.74 Å². The summed E-state index contributed by atoms with van der Waals surface area (Å²) < 4.78 is 6.63. The van der Waals surface area contributed by atoms with Crippen molar-refractivity contribution in [3.05, 3.63) is 83.3 Å². The number of pyridine rings is 1. The Labute approximate surface area is 145 Å². The molecule has 3 aromatic rings. The van der Waals surface area contributed by atoms with Gasteiger partial charge in [-0.15, -0.1) is 6.58 Å². The first-order valence-electron chi connectivity index (χ1n) is 7.83. The van der Waals surface area contributed by atoms with E-state index in [1.807, 2.05) is 18.2 Å². The van der Waals surface area contributed by atoms with Gasteiger partial charge in [-0.05, 0) is 41.8 Å². The molecule has 1 N–H and O–H groups in total. The largest absolute Gasteiger partial charge is 0.497 e. The Morgan fingerprint density at radius 3 is 2.64 bits per heavy atom. The van der Waals surface area contributed by atoms with Crippen LogP contribution in [-0.4, -0.2) is 17.6 Å². The van der Waals surface area contributed by atoms with Crippen molar-refractivity contribution in [2.45, 2.75) is 6.54 Å². The summed E-state index contributed by atoms with van der Waals surface area (Å²) >= 11 is 0. The summed E-state index contributed by atoms with van der Waals surface area (Å²) in [5.41, 5.74) is 0.698. The molecule has 0 saturated carbocycles. The van der Waals surface area contributed by atoms with Crippen LogP contribution >= 0.6 is 0 Å². The Kier molecular flexibility index (Phi) is 4.66. The maximum atomic E-state index is 12.8. The number of benzene rings is 2. The van der Waals surface area contributed by atoms with E-state index in [1.54, 1.807) is 49.6 Å². The maximum Gasteiger partial charge on any atom is 0.272 e. The number of fused-ring (bicyclic) bond motifs is 1. The summed E-state index contributed by atoms with van der Waals surface area (Å²) in [4.78, 5) is 25.5. The van der Waals surface area contributed by atoms with Crippen LogP contribution in [0.15, 0.2) is 72.0 Å². The van der Waals surface area contributed by atoms with Crippen molar-refractivity contribution in [1.29, 1.82) is 0 Å². The fraction of sp³-hybridized carbons (Fsp3) is 0.100. The lowest BCUT2D eigenvalue weighted by molar-refractivity contribution is 0.101. The van der Waals surface area contributed by atoms with Gasteiger partial charge in [0.25, 0.3) is 11.5 Å². The molecule has 126 valence electrons. The highest BCUT2D eigenvalue weighted by atomic mass is 16.5. The summed E-state index contributed by atoms with van der Waals surface area (Å²) in [6.45, 7) is 3.93. The van der Waals surface area contributed by atoms with E-state index >= 15 is 0 Å². The van der Waals surface area contributed by atoms with E-state index in [1.165, 1.54) is 4.57 Å². The van der Waals surface area contributed by atoms with Crippen molar-refractivity contribution in [2.75, 3.05) is 12.4 Å². The van der Waals surface area contributed by atoms with E-state index in [0.29, 0.717) is 22.2 Å². The molecule has 0 aliphatic heterocycles. The SMILES string of the molecule is C=CCn1c(C(=O)Nc2ccccc2)cc2cc(OC)ccc2c1=O. The number of methoxy groups -OCH3 is 1. The van der Waals surface area contributed by atoms with Crippen LogP contribution in [0.25, 0.3) is 10.8 Å². The van der Waals surface area contributed by atoms with Gasteiger partial charge in [0.15, 0.2) is 0 Å². The molecule has 0 radical (unpaired) electrons. The highest BCUT2D eigenvalue weighted by Gasteiger charge is 2.15. The molecule has 1 aromatic heterocycles. The second kappa shape index (κ2) is 7.05. The molecule has 1 heterocycles. The predicted molar refractivity (Wildman–Crippen MR) is 99.4 cm³/mol. The number of carbonyl (C=O) groups excluding carboxylic acids is 1. The maximum absolute atomic E-state index is 12.8. The topological polar surface area (TPSA) is 60.3 Å². The quantitative estimate of drug-likeness (QED) is 0.727. The first-order valence-corrected chi connectivity index (χ1v) is 7.83. The first kappa shape index (κ1) is 16.5. The monoisotopic (exact) mass is 334 g/mol. The van der Waals surface area contributed by atoms with Crippen LogP contribution < -0.4 is 15.6 Å². The Bertz CT molecular complexity index is 991. The molecule has 0 spiro atoms. The Balaban J connectivity index is 2.14. The number of para-hydroxylation sites is 1. The number of nitrogens with one attached hydrogen (secondary N) is 1. The highest BCUT2D eigenvalue weighted by molar-refractivity contribution is 6.05. The van der Waals surface area contributed by atoms with Crippen molar-refractivity contribution < 1.29 is 9.53 Å². The molecular formula is C20H18N2O3. The average molecular weight is 334 g/mol. The van der Waals surface area contributed by atoms with Gasteiger partial charge in [0.05, 0.1) is 7.11 Å². The lowest BCUT2D eigenvalue weighted by Crippen LogP contribution is -2.28. The molecule has 0 saturated heterocycles. The Morgan fingerprint density at radius 2 is 1.96 bits per heavy atom. The molecule has 5 heteroatoms. The molecule has 25 heavy (non-hydrogen) atoms. The zero-order chi connectivity index (χ0) is 17.8. The van der Waals surface area contributed by atoms with Gasteiger partial charge < -0.3 is 10.1 Å². The summed E-state index contributed by atoms with van der Waals surface area (Å²) in [5.74, 6) is 0.276. The van der Waals surface area contributed by atoms with Gasteiger partial charge in [-0.3, -0.25) is 14.2 Å². The van der Waals surface area contributed by atoms with Crippen molar-refractivity contribution in [3.8, 4) is 5.75 Å². The number of rotatable bonds is 5. The molecule has 5 nitrogen and oxygen atoms in total. The Morgan fingerprint density at radius 1 is 1.20 bits per heavy atom. The van der Waals surface area contributed by atoms with Crippen molar-refractivity contribution in [2.24, 2.45) is 0 Å². The normalized spacial score (nSPS) is 10.4. The van der Waals surface area contributed by atoms with Gasteiger partial charge in [-0.25, -0.2) is 0 Å². The summed E-state index contributed by atoms with van der Waals surface area (Å²) in [5, 5.41) is 4.00. The smallest absolute Gasteiger partial charge is 0.272 e. The minimum Gasteiger partial charge on any atom is -0.497 e. The second-order valence-corrected chi connectivity index (χ2v) is 5.51. The van der Waals surface area contributed by atoms with Crippen molar-refractivity contribution in [3.63, 3.8) is 0 Å². The lowest BCUT2D eigenvalue weighted by Gasteiger charge is -2.13. The number of allylic oxidation sites excluding steroid dienone is 1. The molecule has 0 bridgehead atoms. The number of hydrogen-bond donors (Lipinski definition) is 1. The van der Waals surface area contributed by atoms with E-state index in [2.05, 4.69) is 11.9 Å². The average Bonchev–Trinajstić information content (AvgIpc) is 2.64. The molecular weight excluding hydrogens is 316 g/mol. The number of carbonyl (C=O) groups is 1. The third-order valence-electron chi connectivity index (χ3n) is 3.89. The summed E-state index contributed by atoms with van der Waals surface area (Å²) in [7, 11) is 1.56. The van der Waals surface area contributed by atoms with Crippen LogP contribution in [0.2, 0.25) is 0 Å². The fourth-order valence-electron chi connectivity index (χ4n) is 2.68. The molecule has 3 rings (SSSR count). The first-order chi connectivity index (χ1) is 12.1. The Hall–Kier alpha value is -3.34. The van der Waals surface area contributed by atoms with Crippen molar-refractivity contribution in [1.82, 2.24) is 4.57 Å². The number of nitrogens with zero attached hydrogens (tertiary/aromatic N) is 1. The molecule has 0 atom stereocenters. The van der Waals surface area contributed by atoms with Gasteiger partial charge in [-0.2, -0.15) is 0 Å². The van der Waals surface area contributed by atoms with E-state index in [0.717, 1.165) is 0 Å². The zero-order valence-electron chi connectivity index (χ0n) is 13.9. The third-order valence-corrected chi connectivity index (χ3v) is 3.89. The van der Waals surface area contributed by atoms with Gasteiger partial charge in [-0.1, -0.05) is 24.3 Å². The lowest BCUT2D eigenvalue weighted by atomic mass is 10.1. The number of hydrogen-bond acceptors (Lipinski definition) is 3. The molecule has 1 amide bonds. The molecule has 0 fully saturated rings. The van der Waals surface area contributed by atoms with Gasteiger partial charge in [0.2, 0.25) is 0 Å². The zero-order valence-corrected chi connectivity index (χ0v) is 13.9. The van der Waals surface area contributed by atoms with E-state index in [9.17, 15) is 9.59 Å². The number of amides is 1. The molecule has 0 aliphatic carbocycles. The molecule has 0 aliphatic rings. The number of ether oxygens (including phenoxy) is 1. The molecule has 2 aromatic carbocycles. The predicted octanol–water partition coefficient (Wildman–Crippen LogP) is 3.45. The highest BCUT2D eigenvalue weighted by Crippen LogP contribution is 2.20. The second-order valence-electron chi connectivity index (χ2n) is 5.51. The van der Waals surface area contributed by atoms with Gasteiger partial charge in [0, 0.05) is 17.6 Å². The minimum atomic E-state index is -0.352. The van der Waals surface area contributed by atoms with Crippen LogP contribution in [-0.2, 0) is 6.54 Å². The number of aromatic nitrogens is 1. The van der Waals surface area contributed by atoms with Crippen LogP contribution in [0, 0.1) is 0 Å². The number of anilines is 1. The van der Waals surface area contributed by atoms with E-state index < -0.39 is 0 Å². The summed E-state index contributed by atoms with van der Waals surface area (Å²) in [6, 6.07) is 16.0. The fourth-order valence-corrected chi connectivity index (χ4v) is 2.68. The van der Waals surface area contributed by atoms with Crippen LogP contribution in [0.5, 0.6) is 5.75 Å². The molecule has 0 unspecified atom stereocenters. The van der Waals surface area contributed by atoms with Crippen LogP contribution in [0.3, 0.4) is 0 Å². The van der Waals surface area contributed by atoms with E-state index in [-0.39, 0.29) is 23.7 Å². The third kappa shape index (κ3) is 3.30. The standard InChI is InChI=1S/C20H18N2O3/c1-3-11-22-18(19(23)21-15-7-5-4-6-8-15)13-14-12-16(25-2)9-10-17(14)20(22)24/h3-10,12-13H,1,11H2,2H3,(H,21,23). The summed E-state index contributed by atoms with van der Waals surface area (Å²) in [6.07, 6.45) is 1.59. The van der Waals surface area contributed by atoms with Gasteiger partial charge in [0.1, 0.15) is 11.4 Å². The minimum absolute atomic E-state index is 0.238. The van der Waals surface area contributed by atoms with Crippen LogP contribution in [0.4, 0.5) is 5.69 Å². The van der Waals surface area contributed by atoms with Crippen molar-refractivity contribution >= 4 is 22.4 Å².